The number of hydrogen-bond acceptors (Lipinski definition) is 4. The second kappa shape index (κ2) is 6.84. The molecule has 0 saturated carbocycles. The summed E-state index contributed by atoms with van der Waals surface area (Å²) in [4.78, 5) is 26.3. The lowest BCUT2D eigenvalue weighted by molar-refractivity contribution is -0.117. The Labute approximate surface area is 147 Å². The zero-order valence-corrected chi connectivity index (χ0v) is 14.4. The molecule has 25 heavy (non-hydrogen) atoms. The molecule has 130 valence electrons. The van der Waals surface area contributed by atoms with E-state index in [9.17, 15) is 9.59 Å². The zero-order valence-electron chi connectivity index (χ0n) is 14.4. The number of primary amides is 1. The first-order valence-corrected chi connectivity index (χ1v) is 8.22. The molecule has 4 N–H and O–H groups in total. The van der Waals surface area contributed by atoms with Crippen molar-refractivity contribution in [2.45, 2.75) is 12.3 Å². The van der Waals surface area contributed by atoms with Crippen LogP contribution in [0, 0.1) is 0 Å². The lowest BCUT2D eigenvalue weighted by atomic mass is 9.90. The summed E-state index contributed by atoms with van der Waals surface area (Å²) in [5.74, 6) is -0.837. The molecule has 0 spiro atoms. The topological polar surface area (TPSA) is 87.5 Å². The highest BCUT2D eigenvalue weighted by atomic mass is 16.2. The molecule has 0 aliphatic carbocycles. The lowest BCUT2D eigenvalue weighted by Crippen LogP contribution is -2.28. The molecule has 2 aromatic carbocycles. The van der Waals surface area contributed by atoms with Crippen molar-refractivity contribution in [2.24, 2.45) is 5.73 Å². The molecule has 0 aromatic heterocycles. The van der Waals surface area contributed by atoms with E-state index >= 15 is 0 Å². The third-order valence-corrected chi connectivity index (χ3v) is 4.42. The maximum atomic E-state index is 12.9. The Morgan fingerprint density at radius 1 is 1.20 bits per heavy atom. The Hall–Kier alpha value is -3.02. The summed E-state index contributed by atoms with van der Waals surface area (Å²) < 4.78 is 0. The van der Waals surface area contributed by atoms with Crippen molar-refractivity contribution in [2.75, 3.05) is 36.2 Å². The monoisotopic (exact) mass is 338 g/mol. The molecule has 3 rings (SSSR count). The third kappa shape index (κ3) is 3.42. The van der Waals surface area contributed by atoms with E-state index in [1.807, 2.05) is 43.3 Å². The molecule has 1 unspecified atom stereocenters. The predicted octanol–water partition coefficient (Wildman–Crippen LogP) is 2.39. The number of amides is 2. The van der Waals surface area contributed by atoms with Gasteiger partial charge in [0.1, 0.15) is 0 Å². The van der Waals surface area contributed by atoms with Crippen molar-refractivity contribution < 1.29 is 9.59 Å². The quantitative estimate of drug-likeness (QED) is 0.799. The minimum atomic E-state index is -0.520. The molecule has 1 aliphatic rings. The van der Waals surface area contributed by atoms with Gasteiger partial charge in [0.05, 0.1) is 17.3 Å². The fourth-order valence-electron chi connectivity index (χ4n) is 3.14. The van der Waals surface area contributed by atoms with Gasteiger partial charge in [0.2, 0.25) is 11.8 Å². The zero-order chi connectivity index (χ0) is 18.0. The van der Waals surface area contributed by atoms with E-state index in [2.05, 4.69) is 10.6 Å². The normalized spacial score (nSPS) is 15.7. The highest BCUT2D eigenvalue weighted by Crippen LogP contribution is 2.33. The Morgan fingerprint density at radius 3 is 2.68 bits per heavy atom. The van der Waals surface area contributed by atoms with Crippen LogP contribution in [0.5, 0.6) is 0 Å². The lowest BCUT2D eigenvalue weighted by Gasteiger charge is -2.27. The number of fused-ring (bicyclic) bond motifs is 1. The van der Waals surface area contributed by atoms with E-state index in [1.165, 1.54) is 0 Å². The number of carbonyl (C=O) groups is 2. The van der Waals surface area contributed by atoms with Crippen LogP contribution in [0.4, 0.5) is 17.1 Å². The summed E-state index contributed by atoms with van der Waals surface area (Å²) in [6.07, 6.45) is 0.718. The van der Waals surface area contributed by atoms with Gasteiger partial charge in [-0.3, -0.25) is 9.59 Å². The van der Waals surface area contributed by atoms with Crippen LogP contribution in [-0.4, -0.2) is 32.5 Å². The molecule has 1 heterocycles. The average molecular weight is 338 g/mol. The van der Waals surface area contributed by atoms with Crippen molar-refractivity contribution in [1.82, 2.24) is 0 Å². The first kappa shape index (κ1) is 16.8. The molecular formula is C19H22N4O2. The number of nitrogens with one attached hydrogen (secondary N) is 2. The highest BCUT2D eigenvalue weighted by Gasteiger charge is 2.27. The minimum Gasteiger partial charge on any atom is -0.385 e. The maximum Gasteiger partial charge on any atom is 0.248 e. The summed E-state index contributed by atoms with van der Waals surface area (Å²) in [5, 5.41) is 6.30. The van der Waals surface area contributed by atoms with Gasteiger partial charge in [-0.1, -0.05) is 18.2 Å². The average Bonchev–Trinajstić information content (AvgIpc) is 2.60. The van der Waals surface area contributed by atoms with Crippen LogP contribution >= 0.6 is 0 Å². The van der Waals surface area contributed by atoms with E-state index < -0.39 is 5.91 Å². The van der Waals surface area contributed by atoms with Gasteiger partial charge in [-0.05, 0) is 36.2 Å². The first-order chi connectivity index (χ1) is 12.0. The first-order valence-electron chi connectivity index (χ1n) is 8.22. The Morgan fingerprint density at radius 2 is 1.96 bits per heavy atom. The fourth-order valence-corrected chi connectivity index (χ4v) is 3.14. The summed E-state index contributed by atoms with van der Waals surface area (Å²) in [6, 6.07) is 12.9. The second-order valence-electron chi connectivity index (χ2n) is 6.34. The van der Waals surface area contributed by atoms with Crippen LogP contribution in [0.15, 0.2) is 42.5 Å². The number of hydrogen-bond donors (Lipinski definition) is 3. The van der Waals surface area contributed by atoms with Gasteiger partial charge < -0.3 is 21.3 Å². The number of nitrogens with two attached hydrogens (primary N) is 1. The van der Waals surface area contributed by atoms with Gasteiger partial charge in [-0.25, -0.2) is 0 Å². The third-order valence-electron chi connectivity index (χ3n) is 4.42. The van der Waals surface area contributed by atoms with Crippen molar-refractivity contribution in [3.05, 3.63) is 53.6 Å². The van der Waals surface area contributed by atoms with Crippen molar-refractivity contribution in [1.29, 1.82) is 0 Å². The molecule has 2 amide bonds. The van der Waals surface area contributed by atoms with Gasteiger partial charge in [-0.15, -0.1) is 0 Å². The van der Waals surface area contributed by atoms with Gasteiger partial charge in [-0.2, -0.15) is 0 Å². The Bertz CT molecular complexity index is 817. The van der Waals surface area contributed by atoms with Crippen LogP contribution in [0.1, 0.15) is 28.3 Å². The van der Waals surface area contributed by atoms with E-state index in [0.717, 1.165) is 29.9 Å². The highest BCUT2D eigenvalue weighted by molar-refractivity contribution is 6.02. The smallest absolute Gasteiger partial charge is 0.248 e. The largest absolute Gasteiger partial charge is 0.385 e. The Kier molecular flexibility index (Phi) is 4.61. The van der Waals surface area contributed by atoms with Crippen LogP contribution < -0.4 is 21.3 Å². The van der Waals surface area contributed by atoms with Gasteiger partial charge in [0.25, 0.3) is 0 Å². The van der Waals surface area contributed by atoms with Gasteiger partial charge in [0.15, 0.2) is 0 Å². The molecule has 6 nitrogen and oxygen atoms in total. The van der Waals surface area contributed by atoms with Crippen molar-refractivity contribution in [3.8, 4) is 0 Å². The van der Waals surface area contributed by atoms with Crippen LogP contribution in [0.3, 0.4) is 0 Å². The second-order valence-corrected chi connectivity index (χ2v) is 6.34. The number of rotatable bonds is 4. The van der Waals surface area contributed by atoms with Crippen molar-refractivity contribution >= 4 is 28.9 Å². The van der Waals surface area contributed by atoms with Gasteiger partial charge >= 0.3 is 0 Å². The molecule has 2 aromatic rings. The van der Waals surface area contributed by atoms with Crippen LogP contribution in [0.2, 0.25) is 0 Å². The standard InChI is InChI=1S/C19H22N4O2/c1-23(2)17-8-7-12(18(20)24)11-16(17)22-19(25)14-9-10-21-15-6-4-3-5-13(14)15/h3-8,11,14,21H,9-10H2,1-2H3,(H2,20,24)(H,22,25). The molecule has 6 heteroatoms. The molecule has 1 aliphatic heterocycles. The molecular weight excluding hydrogens is 316 g/mol. The van der Waals surface area contributed by atoms with E-state index in [-0.39, 0.29) is 11.8 Å². The van der Waals surface area contributed by atoms with Crippen LogP contribution in [0.25, 0.3) is 0 Å². The van der Waals surface area contributed by atoms with E-state index in [0.29, 0.717) is 11.3 Å². The van der Waals surface area contributed by atoms with Crippen molar-refractivity contribution in [3.63, 3.8) is 0 Å². The number of benzene rings is 2. The SMILES string of the molecule is CN(C)c1ccc(C(N)=O)cc1NC(=O)C1CCNc2ccccc21. The molecule has 0 saturated heterocycles. The fraction of sp³-hybridized carbons (Fsp3) is 0.263. The van der Waals surface area contributed by atoms with Crippen LogP contribution in [-0.2, 0) is 4.79 Å². The molecule has 0 fully saturated rings. The number of nitrogens with zero attached hydrogens (tertiary/aromatic N) is 1. The molecule has 1 atom stereocenters. The summed E-state index contributed by atoms with van der Waals surface area (Å²) in [6.45, 7) is 0.747. The molecule has 0 radical (unpaired) electrons. The number of para-hydroxylation sites is 1. The minimum absolute atomic E-state index is 0.0846. The predicted molar refractivity (Wildman–Crippen MR) is 100 cm³/mol. The Balaban J connectivity index is 1.91. The number of carbonyl (C=O) groups excluding carboxylic acids is 2. The van der Waals surface area contributed by atoms with E-state index in [1.54, 1.807) is 18.2 Å². The number of anilines is 3. The summed E-state index contributed by atoms with van der Waals surface area (Å²) in [5.41, 5.74) is 9.13. The maximum absolute atomic E-state index is 12.9. The van der Waals surface area contributed by atoms with Gasteiger partial charge in [0, 0.05) is 31.9 Å². The summed E-state index contributed by atoms with van der Waals surface area (Å²) in [7, 11) is 3.77. The molecule has 0 bridgehead atoms. The summed E-state index contributed by atoms with van der Waals surface area (Å²) >= 11 is 0. The van der Waals surface area contributed by atoms with E-state index in [4.69, 9.17) is 5.73 Å².